The van der Waals surface area contributed by atoms with Gasteiger partial charge in [-0.2, -0.15) is 0 Å². The van der Waals surface area contributed by atoms with Crippen molar-refractivity contribution in [2.24, 2.45) is 5.92 Å². The average molecular weight is 285 g/mol. The fraction of sp³-hybridized carbons (Fsp3) is 0.412. The van der Waals surface area contributed by atoms with Crippen molar-refractivity contribution in [2.75, 3.05) is 19.0 Å². The molecule has 1 aromatic carbocycles. The predicted octanol–water partition coefficient (Wildman–Crippen LogP) is 3.78. The molecule has 0 atom stereocenters. The second-order valence-corrected chi connectivity index (χ2v) is 5.40. The van der Waals surface area contributed by atoms with Crippen molar-refractivity contribution in [3.8, 4) is 17.1 Å². The molecule has 2 rings (SSSR count). The molecule has 21 heavy (non-hydrogen) atoms. The quantitative estimate of drug-likeness (QED) is 0.877. The summed E-state index contributed by atoms with van der Waals surface area (Å²) in [7, 11) is 1.67. The Morgan fingerprint density at radius 3 is 2.62 bits per heavy atom. The number of anilines is 1. The number of rotatable bonds is 6. The maximum absolute atomic E-state index is 5.42. The van der Waals surface area contributed by atoms with Crippen molar-refractivity contribution >= 4 is 5.82 Å². The van der Waals surface area contributed by atoms with Gasteiger partial charge in [-0.05, 0) is 31.4 Å². The van der Waals surface area contributed by atoms with Crippen LogP contribution in [-0.4, -0.2) is 23.6 Å². The van der Waals surface area contributed by atoms with Crippen molar-refractivity contribution < 1.29 is 4.74 Å². The van der Waals surface area contributed by atoms with Crippen LogP contribution in [0.4, 0.5) is 5.82 Å². The van der Waals surface area contributed by atoms with Crippen molar-refractivity contribution in [3.63, 3.8) is 0 Å². The SMILES string of the molecule is CCNc1cc(CC(C)C)nc(-c2ccccc2OC)n1. The predicted molar refractivity (Wildman–Crippen MR) is 86.7 cm³/mol. The van der Waals surface area contributed by atoms with Gasteiger partial charge in [0.1, 0.15) is 11.6 Å². The van der Waals surface area contributed by atoms with E-state index in [1.807, 2.05) is 30.3 Å². The van der Waals surface area contributed by atoms with Crippen LogP contribution in [-0.2, 0) is 6.42 Å². The van der Waals surface area contributed by atoms with E-state index in [1.165, 1.54) is 0 Å². The molecule has 2 aromatic rings. The zero-order valence-electron chi connectivity index (χ0n) is 13.2. The molecule has 0 fully saturated rings. The van der Waals surface area contributed by atoms with E-state index < -0.39 is 0 Å². The van der Waals surface area contributed by atoms with Gasteiger partial charge in [0.15, 0.2) is 5.82 Å². The first kappa shape index (κ1) is 15.3. The summed E-state index contributed by atoms with van der Waals surface area (Å²) in [6, 6.07) is 9.88. The molecule has 0 aliphatic carbocycles. The number of nitrogens with zero attached hydrogens (tertiary/aromatic N) is 2. The lowest BCUT2D eigenvalue weighted by molar-refractivity contribution is 0.416. The number of methoxy groups -OCH3 is 1. The summed E-state index contributed by atoms with van der Waals surface area (Å²) in [6.07, 6.45) is 0.934. The summed E-state index contributed by atoms with van der Waals surface area (Å²) < 4.78 is 5.42. The van der Waals surface area contributed by atoms with Crippen molar-refractivity contribution in [1.29, 1.82) is 0 Å². The Morgan fingerprint density at radius 2 is 1.95 bits per heavy atom. The molecule has 0 amide bonds. The van der Waals surface area contributed by atoms with E-state index in [-0.39, 0.29) is 0 Å². The van der Waals surface area contributed by atoms with Crippen molar-refractivity contribution in [2.45, 2.75) is 27.2 Å². The Kier molecular flexibility index (Phi) is 5.14. The highest BCUT2D eigenvalue weighted by molar-refractivity contribution is 5.65. The number of ether oxygens (including phenoxy) is 1. The number of nitrogens with one attached hydrogen (secondary N) is 1. The molecule has 4 nitrogen and oxygen atoms in total. The molecule has 0 saturated heterocycles. The summed E-state index contributed by atoms with van der Waals surface area (Å²) in [6.45, 7) is 7.28. The Labute approximate surface area is 126 Å². The summed E-state index contributed by atoms with van der Waals surface area (Å²) in [5.41, 5.74) is 1.97. The average Bonchev–Trinajstić information content (AvgIpc) is 2.46. The van der Waals surface area contributed by atoms with Crippen molar-refractivity contribution in [3.05, 3.63) is 36.0 Å². The first-order valence-corrected chi connectivity index (χ1v) is 7.39. The van der Waals surface area contributed by atoms with Gasteiger partial charge in [0, 0.05) is 18.3 Å². The first-order valence-electron chi connectivity index (χ1n) is 7.39. The molecule has 1 N–H and O–H groups in total. The van der Waals surface area contributed by atoms with Crippen LogP contribution in [0, 0.1) is 5.92 Å². The molecule has 1 heterocycles. The highest BCUT2D eigenvalue weighted by Gasteiger charge is 2.11. The lowest BCUT2D eigenvalue weighted by Gasteiger charge is -2.12. The van der Waals surface area contributed by atoms with E-state index >= 15 is 0 Å². The minimum Gasteiger partial charge on any atom is -0.496 e. The van der Waals surface area contributed by atoms with Gasteiger partial charge in [0.05, 0.1) is 12.7 Å². The van der Waals surface area contributed by atoms with Gasteiger partial charge in [-0.1, -0.05) is 26.0 Å². The van der Waals surface area contributed by atoms with E-state index in [0.29, 0.717) is 11.7 Å². The Balaban J connectivity index is 2.48. The maximum Gasteiger partial charge on any atom is 0.165 e. The normalized spacial score (nSPS) is 10.7. The van der Waals surface area contributed by atoms with Gasteiger partial charge >= 0.3 is 0 Å². The van der Waals surface area contributed by atoms with Crippen LogP contribution in [0.2, 0.25) is 0 Å². The summed E-state index contributed by atoms with van der Waals surface area (Å²) >= 11 is 0. The zero-order chi connectivity index (χ0) is 15.2. The number of hydrogen-bond donors (Lipinski definition) is 1. The second kappa shape index (κ2) is 7.07. The highest BCUT2D eigenvalue weighted by Crippen LogP contribution is 2.28. The van der Waals surface area contributed by atoms with Crippen LogP contribution < -0.4 is 10.1 Å². The molecule has 0 bridgehead atoms. The van der Waals surface area contributed by atoms with E-state index in [4.69, 9.17) is 9.72 Å². The first-order chi connectivity index (χ1) is 10.1. The third-order valence-corrected chi connectivity index (χ3v) is 3.10. The fourth-order valence-electron chi connectivity index (χ4n) is 2.24. The molecular weight excluding hydrogens is 262 g/mol. The fourth-order valence-corrected chi connectivity index (χ4v) is 2.24. The van der Waals surface area contributed by atoms with Crippen LogP contribution in [0.25, 0.3) is 11.4 Å². The zero-order valence-corrected chi connectivity index (χ0v) is 13.2. The monoisotopic (exact) mass is 285 g/mol. The second-order valence-electron chi connectivity index (χ2n) is 5.40. The van der Waals surface area contributed by atoms with Crippen LogP contribution in [0.5, 0.6) is 5.75 Å². The van der Waals surface area contributed by atoms with Gasteiger partial charge in [-0.3, -0.25) is 0 Å². The van der Waals surface area contributed by atoms with Gasteiger partial charge in [-0.25, -0.2) is 9.97 Å². The summed E-state index contributed by atoms with van der Waals surface area (Å²) in [4.78, 5) is 9.31. The van der Waals surface area contributed by atoms with Gasteiger partial charge in [0.25, 0.3) is 0 Å². The number of aromatic nitrogens is 2. The Morgan fingerprint density at radius 1 is 1.19 bits per heavy atom. The molecule has 0 unspecified atom stereocenters. The molecule has 1 aromatic heterocycles. The van der Waals surface area contributed by atoms with Crippen molar-refractivity contribution in [1.82, 2.24) is 9.97 Å². The van der Waals surface area contributed by atoms with Crippen LogP contribution >= 0.6 is 0 Å². The lowest BCUT2D eigenvalue weighted by Crippen LogP contribution is -2.06. The molecule has 0 aliphatic rings. The van der Waals surface area contributed by atoms with Crippen LogP contribution in [0.3, 0.4) is 0 Å². The Bertz CT molecular complexity index is 596. The molecular formula is C17H23N3O. The number of para-hydroxylation sites is 1. The molecule has 0 aliphatic heterocycles. The molecule has 112 valence electrons. The number of hydrogen-bond acceptors (Lipinski definition) is 4. The van der Waals surface area contributed by atoms with Crippen LogP contribution in [0.1, 0.15) is 26.5 Å². The minimum absolute atomic E-state index is 0.555. The van der Waals surface area contributed by atoms with Crippen LogP contribution in [0.15, 0.2) is 30.3 Å². The highest BCUT2D eigenvalue weighted by atomic mass is 16.5. The minimum atomic E-state index is 0.555. The third-order valence-electron chi connectivity index (χ3n) is 3.10. The molecule has 0 radical (unpaired) electrons. The lowest BCUT2D eigenvalue weighted by atomic mass is 10.1. The third kappa shape index (κ3) is 3.94. The molecule has 4 heteroatoms. The number of benzene rings is 1. The van der Waals surface area contributed by atoms with E-state index in [9.17, 15) is 0 Å². The van der Waals surface area contributed by atoms with Gasteiger partial charge in [0.2, 0.25) is 0 Å². The standard InChI is InChI=1S/C17H23N3O/c1-5-18-16-11-13(10-12(2)3)19-17(20-16)14-8-6-7-9-15(14)21-4/h6-9,11-12H,5,10H2,1-4H3,(H,18,19,20). The molecule has 0 spiro atoms. The molecule has 0 saturated carbocycles. The smallest absolute Gasteiger partial charge is 0.165 e. The summed E-state index contributed by atoms with van der Waals surface area (Å²) in [5.74, 6) is 2.92. The van der Waals surface area contributed by atoms with Gasteiger partial charge < -0.3 is 10.1 Å². The van der Waals surface area contributed by atoms with Gasteiger partial charge in [-0.15, -0.1) is 0 Å². The van der Waals surface area contributed by atoms with E-state index in [1.54, 1.807) is 7.11 Å². The summed E-state index contributed by atoms with van der Waals surface area (Å²) in [5, 5.41) is 3.28. The maximum atomic E-state index is 5.42. The largest absolute Gasteiger partial charge is 0.496 e. The Hall–Kier alpha value is -2.10. The van der Waals surface area contributed by atoms with E-state index in [2.05, 4.69) is 31.1 Å². The van der Waals surface area contributed by atoms with E-state index in [0.717, 1.165) is 35.8 Å². The topological polar surface area (TPSA) is 47.0 Å².